The van der Waals surface area contributed by atoms with Gasteiger partial charge in [-0.25, -0.2) is 4.99 Å². The summed E-state index contributed by atoms with van der Waals surface area (Å²) < 4.78 is 5.32. The van der Waals surface area contributed by atoms with E-state index in [1.807, 2.05) is 0 Å². The first kappa shape index (κ1) is 23.0. The maximum atomic E-state index is 5.32. The average molecular weight is 443 g/mol. The van der Waals surface area contributed by atoms with Gasteiger partial charge in [-0.05, 0) is 38.6 Å². The molecule has 1 atom stereocenters. The van der Waals surface area contributed by atoms with Crippen molar-refractivity contribution in [2.45, 2.75) is 19.4 Å². The van der Waals surface area contributed by atoms with Crippen LogP contribution in [0.15, 0.2) is 35.3 Å². The number of thiophene rings is 1. The van der Waals surface area contributed by atoms with Gasteiger partial charge in [0.25, 0.3) is 0 Å². The number of piperazine rings is 1. The van der Waals surface area contributed by atoms with Gasteiger partial charge in [0.05, 0.1) is 16.9 Å². The number of hydrogen-bond acceptors (Lipinski definition) is 6. The topological polar surface area (TPSA) is 40.1 Å². The number of methoxy groups -OCH3 is 1. The van der Waals surface area contributed by atoms with Crippen molar-refractivity contribution in [3.63, 3.8) is 0 Å². The number of nitrogens with zero attached hydrogens (tertiary/aromatic N) is 3. The number of para-hydroxylation sites is 2. The van der Waals surface area contributed by atoms with Crippen LogP contribution in [-0.2, 0) is 4.74 Å². The lowest BCUT2D eigenvalue weighted by Crippen LogP contribution is -2.53. The molecule has 154 valence electrons. The van der Waals surface area contributed by atoms with E-state index in [0.717, 1.165) is 49.9 Å². The number of aryl methyl sites for hydroxylation is 1. The highest BCUT2D eigenvalue weighted by Crippen LogP contribution is 2.39. The largest absolute Gasteiger partial charge is 0.385 e. The number of likely N-dealkylation sites (N-methyl/N-ethyl adjacent to an activating group) is 1. The Balaban J connectivity index is 0.00000140. The van der Waals surface area contributed by atoms with Gasteiger partial charge in [0.15, 0.2) is 0 Å². The maximum absolute atomic E-state index is 5.32. The summed E-state index contributed by atoms with van der Waals surface area (Å²) in [4.78, 5) is 11.3. The first-order chi connectivity index (χ1) is 12.7. The van der Waals surface area contributed by atoms with Crippen molar-refractivity contribution in [2.24, 2.45) is 4.99 Å². The summed E-state index contributed by atoms with van der Waals surface area (Å²) in [7, 11) is 3.99. The Morgan fingerprint density at radius 1 is 1.25 bits per heavy atom. The zero-order chi connectivity index (χ0) is 18.1. The third-order valence-corrected chi connectivity index (χ3v) is 6.17. The molecule has 2 aromatic rings. The van der Waals surface area contributed by atoms with Crippen molar-refractivity contribution in [1.29, 1.82) is 0 Å². The van der Waals surface area contributed by atoms with Crippen LogP contribution in [0.25, 0.3) is 0 Å². The lowest BCUT2D eigenvalue weighted by atomic mass is 10.1. The van der Waals surface area contributed by atoms with Crippen LogP contribution in [0.2, 0.25) is 0 Å². The second-order valence-electron chi connectivity index (χ2n) is 7.04. The Hall–Kier alpha value is -1.31. The highest BCUT2D eigenvalue weighted by atomic mass is 35.5. The highest BCUT2D eigenvalue weighted by molar-refractivity contribution is 7.16. The van der Waals surface area contributed by atoms with Crippen molar-refractivity contribution in [1.82, 2.24) is 9.80 Å². The van der Waals surface area contributed by atoms with Gasteiger partial charge >= 0.3 is 0 Å². The van der Waals surface area contributed by atoms with Crippen LogP contribution in [0, 0.1) is 6.92 Å². The molecule has 0 unspecified atom stereocenters. The molecule has 2 aliphatic heterocycles. The normalized spacial score (nSPS) is 18.6. The molecule has 28 heavy (non-hydrogen) atoms. The smallest absolute Gasteiger partial charge is 0.139 e. The third kappa shape index (κ3) is 4.63. The summed E-state index contributed by atoms with van der Waals surface area (Å²) in [6, 6.07) is 11.1. The van der Waals surface area contributed by atoms with Gasteiger partial charge in [-0.2, -0.15) is 0 Å². The van der Waals surface area contributed by atoms with Gasteiger partial charge in [-0.15, -0.1) is 36.2 Å². The number of fused-ring (bicyclic) bond motifs is 2. The molecule has 0 radical (unpaired) electrons. The van der Waals surface area contributed by atoms with E-state index in [1.54, 1.807) is 18.4 Å². The molecule has 1 aromatic carbocycles. The Morgan fingerprint density at radius 3 is 2.82 bits per heavy atom. The van der Waals surface area contributed by atoms with E-state index in [9.17, 15) is 0 Å². The molecule has 5 nitrogen and oxygen atoms in total. The van der Waals surface area contributed by atoms with Crippen molar-refractivity contribution in [2.75, 3.05) is 45.7 Å². The number of aliphatic imine (C=N–C) groups is 1. The predicted octanol–water partition coefficient (Wildman–Crippen LogP) is 4.69. The van der Waals surface area contributed by atoms with Gasteiger partial charge in [0.1, 0.15) is 10.8 Å². The number of halogens is 2. The third-order valence-electron chi connectivity index (χ3n) is 5.21. The molecule has 0 amide bonds. The molecule has 0 bridgehead atoms. The lowest BCUT2D eigenvalue weighted by molar-refractivity contribution is 0.100. The predicted molar refractivity (Wildman–Crippen MR) is 124 cm³/mol. The van der Waals surface area contributed by atoms with Crippen molar-refractivity contribution < 1.29 is 4.74 Å². The van der Waals surface area contributed by atoms with Gasteiger partial charge in [0, 0.05) is 44.3 Å². The second kappa shape index (κ2) is 9.94. The summed E-state index contributed by atoms with van der Waals surface area (Å²) in [5, 5.41) is 4.79. The van der Waals surface area contributed by atoms with Crippen LogP contribution in [0.4, 0.5) is 16.4 Å². The molecule has 1 fully saturated rings. The molecule has 0 saturated carbocycles. The number of benzene rings is 1. The van der Waals surface area contributed by atoms with Crippen LogP contribution >= 0.6 is 36.2 Å². The molecule has 2 aliphatic rings. The molecule has 1 saturated heterocycles. The quantitative estimate of drug-likeness (QED) is 0.748. The van der Waals surface area contributed by atoms with Crippen LogP contribution in [-0.4, -0.2) is 62.1 Å². The summed E-state index contributed by atoms with van der Waals surface area (Å²) >= 11 is 1.80. The van der Waals surface area contributed by atoms with Crippen molar-refractivity contribution in [3.05, 3.63) is 40.8 Å². The minimum absolute atomic E-state index is 0. The first-order valence-corrected chi connectivity index (χ1v) is 9.97. The molecule has 4 rings (SSSR count). The Morgan fingerprint density at radius 2 is 2.04 bits per heavy atom. The van der Waals surface area contributed by atoms with Crippen LogP contribution in [0.1, 0.15) is 16.9 Å². The number of amidine groups is 1. The minimum atomic E-state index is 0. The molecule has 1 aromatic heterocycles. The highest BCUT2D eigenvalue weighted by Gasteiger charge is 2.29. The number of rotatable bonds is 3. The fraction of sp³-hybridized carbons (Fsp3) is 0.450. The van der Waals surface area contributed by atoms with E-state index in [4.69, 9.17) is 9.73 Å². The standard InChI is InChI=1S/C20H26N4OS.2ClH/c1-14-12-16-19(24-10-9-23(2)15(13-24)8-11-25-3)21-17-6-4-5-7-18(17)22-20(16)26-14;;/h4-7,12,15,22H,8-11,13H2,1-3H3;2*1H/t15-;;/m0../s1. The van der Waals surface area contributed by atoms with Gasteiger partial charge in [-0.3, -0.25) is 4.90 Å². The maximum Gasteiger partial charge on any atom is 0.139 e. The van der Waals surface area contributed by atoms with E-state index < -0.39 is 0 Å². The summed E-state index contributed by atoms with van der Waals surface area (Å²) in [6.45, 7) is 5.98. The van der Waals surface area contributed by atoms with Crippen molar-refractivity contribution >= 4 is 58.4 Å². The van der Waals surface area contributed by atoms with Crippen LogP contribution in [0.5, 0.6) is 0 Å². The lowest BCUT2D eigenvalue weighted by Gasteiger charge is -2.40. The van der Waals surface area contributed by atoms with Crippen molar-refractivity contribution in [3.8, 4) is 0 Å². The fourth-order valence-electron chi connectivity index (χ4n) is 3.69. The van der Waals surface area contributed by atoms with E-state index in [2.05, 4.69) is 59.4 Å². The summed E-state index contributed by atoms with van der Waals surface area (Å²) in [5.74, 6) is 1.09. The Labute approximate surface area is 183 Å². The molecule has 3 heterocycles. The summed E-state index contributed by atoms with van der Waals surface area (Å²) in [5.41, 5.74) is 3.31. The average Bonchev–Trinajstić information content (AvgIpc) is 2.93. The van der Waals surface area contributed by atoms with E-state index in [0.29, 0.717) is 6.04 Å². The summed E-state index contributed by atoms with van der Waals surface area (Å²) in [6.07, 6.45) is 1.04. The molecular weight excluding hydrogens is 415 g/mol. The van der Waals surface area contributed by atoms with E-state index >= 15 is 0 Å². The second-order valence-corrected chi connectivity index (χ2v) is 8.30. The molecule has 0 spiro atoms. The number of ether oxygens (including phenoxy) is 1. The Kier molecular flexibility index (Phi) is 8.16. The SMILES string of the molecule is COCC[C@H]1CN(C2=Nc3ccccc3Nc3sc(C)cc32)CCN1C.Cl.Cl. The van der Waals surface area contributed by atoms with Gasteiger partial charge < -0.3 is 15.0 Å². The molecule has 0 aliphatic carbocycles. The zero-order valence-corrected chi connectivity index (χ0v) is 18.9. The molecular formula is C20H28Cl2N4OS. The van der Waals surface area contributed by atoms with Crippen LogP contribution in [0.3, 0.4) is 0 Å². The number of hydrogen-bond donors (Lipinski definition) is 1. The van der Waals surface area contributed by atoms with Gasteiger partial charge in [-0.1, -0.05) is 12.1 Å². The number of nitrogens with one attached hydrogen (secondary N) is 1. The fourth-order valence-corrected chi connectivity index (χ4v) is 4.61. The molecule has 8 heteroatoms. The van der Waals surface area contributed by atoms with Crippen LogP contribution < -0.4 is 5.32 Å². The first-order valence-electron chi connectivity index (χ1n) is 9.15. The Bertz CT molecular complexity index is 826. The van der Waals surface area contributed by atoms with E-state index in [1.165, 1.54) is 15.4 Å². The van der Waals surface area contributed by atoms with Gasteiger partial charge in [0.2, 0.25) is 0 Å². The zero-order valence-electron chi connectivity index (χ0n) is 16.5. The number of anilines is 2. The minimum Gasteiger partial charge on any atom is -0.385 e. The molecule has 1 N–H and O–H groups in total. The monoisotopic (exact) mass is 442 g/mol. The van der Waals surface area contributed by atoms with E-state index in [-0.39, 0.29) is 24.8 Å².